The highest BCUT2D eigenvalue weighted by Gasteiger charge is 2.13. The maximum atomic E-state index is 12.4. The van der Waals surface area contributed by atoms with Gasteiger partial charge in [-0.15, -0.1) is 0 Å². The van der Waals surface area contributed by atoms with Crippen molar-refractivity contribution in [1.29, 1.82) is 0 Å². The molecule has 0 fully saturated rings. The molecule has 0 atom stereocenters. The van der Waals surface area contributed by atoms with Crippen LogP contribution in [0.25, 0.3) is 22.4 Å². The van der Waals surface area contributed by atoms with Gasteiger partial charge in [0.15, 0.2) is 5.58 Å². The summed E-state index contributed by atoms with van der Waals surface area (Å²) in [5.74, 6) is -0.839. The molecule has 0 bridgehead atoms. The fourth-order valence-corrected chi connectivity index (χ4v) is 2.90. The first-order valence-corrected chi connectivity index (χ1v) is 8.42. The standard InChI is InChI=1S/C20H16N4O3/c25-18(13-24-16-7-1-2-8-17(16)27-20(24)26)23-12-15-6-4-10-22-19(15)14-5-3-9-21-11-14/h1-11H,12-13H2,(H,23,25). The van der Waals surface area contributed by atoms with Crippen LogP contribution in [0, 0.1) is 0 Å². The van der Waals surface area contributed by atoms with Crippen LogP contribution in [-0.2, 0) is 17.9 Å². The summed E-state index contributed by atoms with van der Waals surface area (Å²) in [6.07, 6.45) is 5.12. The van der Waals surface area contributed by atoms with Gasteiger partial charge >= 0.3 is 5.76 Å². The summed E-state index contributed by atoms with van der Waals surface area (Å²) in [5, 5.41) is 2.84. The van der Waals surface area contributed by atoms with E-state index >= 15 is 0 Å². The fraction of sp³-hybridized carbons (Fsp3) is 0.100. The molecule has 4 rings (SSSR count). The number of hydrogen-bond donors (Lipinski definition) is 1. The zero-order valence-electron chi connectivity index (χ0n) is 14.3. The molecular formula is C20H16N4O3. The lowest BCUT2D eigenvalue weighted by atomic mass is 10.1. The molecule has 0 radical (unpaired) electrons. The van der Waals surface area contributed by atoms with Gasteiger partial charge in [-0.1, -0.05) is 18.2 Å². The molecule has 1 amide bonds. The highest BCUT2D eigenvalue weighted by molar-refractivity contribution is 5.79. The summed E-state index contributed by atoms with van der Waals surface area (Å²) < 4.78 is 6.47. The maximum absolute atomic E-state index is 12.4. The Bertz CT molecular complexity index is 1150. The van der Waals surface area contributed by atoms with Crippen LogP contribution in [0.4, 0.5) is 0 Å². The van der Waals surface area contributed by atoms with E-state index in [1.54, 1.807) is 42.9 Å². The molecule has 27 heavy (non-hydrogen) atoms. The van der Waals surface area contributed by atoms with Gasteiger partial charge in [-0.05, 0) is 35.9 Å². The Kier molecular flexibility index (Phi) is 4.49. The highest BCUT2D eigenvalue weighted by Crippen LogP contribution is 2.19. The normalized spacial score (nSPS) is 10.8. The molecule has 0 aliphatic heterocycles. The summed E-state index contributed by atoms with van der Waals surface area (Å²) >= 11 is 0. The van der Waals surface area contributed by atoms with E-state index in [0.717, 1.165) is 16.8 Å². The van der Waals surface area contributed by atoms with E-state index in [1.807, 2.05) is 24.3 Å². The largest absolute Gasteiger partial charge is 0.420 e. The highest BCUT2D eigenvalue weighted by atomic mass is 16.4. The smallest absolute Gasteiger partial charge is 0.408 e. The maximum Gasteiger partial charge on any atom is 0.420 e. The van der Waals surface area contributed by atoms with Crippen LogP contribution in [0.5, 0.6) is 0 Å². The second kappa shape index (κ2) is 7.25. The van der Waals surface area contributed by atoms with Crippen molar-refractivity contribution in [3.8, 4) is 11.3 Å². The lowest BCUT2D eigenvalue weighted by Gasteiger charge is -2.10. The molecule has 3 heterocycles. The van der Waals surface area contributed by atoms with Crippen LogP contribution in [0.2, 0.25) is 0 Å². The first-order chi connectivity index (χ1) is 13.2. The molecule has 4 aromatic rings. The van der Waals surface area contributed by atoms with Crippen molar-refractivity contribution in [3.05, 3.63) is 83.2 Å². The third kappa shape index (κ3) is 3.48. The second-order valence-corrected chi connectivity index (χ2v) is 5.95. The lowest BCUT2D eigenvalue weighted by Crippen LogP contribution is -2.30. The third-order valence-electron chi connectivity index (χ3n) is 4.18. The molecule has 0 saturated heterocycles. The Morgan fingerprint density at radius 1 is 1.07 bits per heavy atom. The van der Waals surface area contributed by atoms with Crippen LogP contribution < -0.4 is 11.1 Å². The van der Waals surface area contributed by atoms with E-state index in [2.05, 4.69) is 15.3 Å². The summed E-state index contributed by atoms with van der Waals surface area (Å²) in [4.78, 5) is 32.9. The number of para-hydroxylation sites is 2. The molecule has 1 aromatic carbocycles. The van der Waals surface area contributed by atoms with Crippen LogP contribution in [0.1, 0.15) is 5.56 Å². The van der Waals surface area contributed by atoms with Gasteiger partial charge in [0.2, 0.25) is 5.91 Å². The zero-order chi connectivity index (χ0) is 18.6. The Morgan fingerprint density at radius 3 is 2.78 bits per heavy atom. The van der Waals surface area contributed by atoms with Gasteiger partial charge < -0.3 is 9.73 Å². The van der Waals surface area contributed by atoms with E-state index in [1.165, 1.54) is 4.57 Å². The second-order valence-electron chi connectivity index (χ2n) is 5.95. The Morgan fingerprint density at radius 2 is 1.93 bits per heavy atom. The minimum absolute atomic E-state index is 0.113. The zero-order valence-corrected chi connectivity index (χ0v) is 14.3. The van der Waals surface area contributed by atoms with Crippen LogP contribution in [0.15, 0.2) is 76.3 Å². The van der Waals surface area contributed by atoms with E-state index in [4.69, 9.17) is 4.42 Å². The predicted octanol–water partition coefficient (Wildman–Crippen LogP) is 2.37. The summed E-state index contributed by atoms with van der Waals surface area (Å²) in [7, 11) is 0. The van der Waals surface area contributed by atoms with Crippen LogP contribution in [-0.4, -0.2) is 20.4 Å². The van der Waals surface area contributed by atoms with Gasteiger partial charge in [0.1, 0.15) is 6.54 Å². The number of aromatic nitrogens is 3. The Hall–Kier alpha value is -3.74. The van der Waals surface area contributed by atoms with Crippen molar-refractivity contribution in [2.45, 2.75) is 13.1 Å². The van der Waals surface area contributed by atoms with E-state index in [0.29, 0.717) is 17.6 Å². The molecule has 0 saturated carbocycles. The lowest BCUT2D eigenvalue weighted by molar-refractivity contribution is -0.121. The number of fused-ring (bicyclic) bond motifs is 1. The number of nitrogens with zero attached hydrogens (tertiary/aromatic N) is 3. The number of carbonyl (C=O) groups is 1. The summed E-state index contributed by atoms with van der Waals surface area (Å²) in [5.41, 5.74) is 3.55. The number of carbonyl (C=O) groups excluding carboxylic acids is 1. The quantitative estimate of drug-likeness (QED) is 0.590. The molecule has 134 valence electrons. The van der Waals surface area contributed by atoms with Crippen molar-refractivity contribution in [2.75, 3.05) is 0 Å². The van der Waals surface area contributed by atoms with Crippen molar-refractivity contribution >= 4 is 17.0 Å². The number of nitrogens with one attached hydrogen (secondary N) is 1. The predicted molar refractivity (Wildman–Crippen MR) is 99.8 cm³/mol. The molecule has 7 heteroatoms. The number of pyridine rings is 2. The number of rotatable bonds is 5. The average Bonchev–Trinajstić information content (AvgIpc) is 3.02. The molecule has 0 spiro atoms. The van der Waals surface area contributed by atoms with Crippen molar-refractivity contribution in [2.24, 2.45) is 0 Å². The monoisotopic (exact) mass is 360 g/mol. The fourth-order valence-electron chi connectivity index (χ4n) is 2.90. The van der Waals surface area contributed by atoms with Crippen molar-refractivity contribution in [3.63, 3.8) is 0 Å². The van der Waals surface area contributed by atoms with Crippen LogP contribution >= 0.6 is 0 Å². The summed E-state index contributed by atoms with van der Waals surface area (Å²) in [6, 6.07) is 14.5. The van der Waals surface area contributed by atoms with Gasteiger partial charge in [-0.2, -0.15) is 0 Å². The third-order valence-corrected chi connectivity index (χ3v) is 4.18. The molecule has 3 aromatic heterocycles. The Balaban J connectivity index is 1.51. The first kappa shape index (κ1) is 16.7. The number of amides is 1. The van der Waals surface area contributed by atoms with E-state index in [9.17, 15) is 9.59 Å². The van der Waals surface area contributed by atoms with Gasteiger partial charge in [-0.3, -0.25) is 19.3 Å². The van der Waals surface area contributed by atoms with Gasteiger partial charge in [-0.25, -0.2) is 4.79 Å². The van der Waals surface area contributed by atoms with E-state index < -0.39 is 5.76 Å². The minimum Gasteiger partial charge on any atom is -0.408 e. The molecule has 1 N–H and O–H groups in total. The van der Waals surface area contributed by atoms with E-state index in [-0.39, 0.29) is 12.5 Å². The van der Waals surface area contributed by atoms with Crippen molar-refractivity contribution in [1.82, 2.24) is 19.9 Å². The number of oxazole rings is 1. The minimum atomic E-state index is -0.552. The van der Waals surface area contributed by atoms with Crippen LogP contribution in [0.3, 0.4) is 0 Å². The van der Waals surface area contributed by atoms with Gasteiger partial charge in [0.05, 0.1) is 11.2 Å². The van der Waals surface area contributed by atoms with Crippen molar-refractivity contribution < 1.29 is 9.21 Å². The molecule has 7 nitrogen and oxygen atoms in total. The number of hydrogen-bond acceptors (Lipinski definition) is 5. The Labute approximate surface area is 154 Å². The van der Waals surface area contributed by atoms with Gasteiger partial charge in [0, 0.05) is 30.7 Å². The molecule has 0 aliphatic rings. The molecule has 0 aliphatic carbocycles. The molecule has 0 unspecified atom stereocenters. The van der Waals surface area contributed by atoms with Gasteiger partial charge in [0.25, 0.3) is 0 Å². The SMILES string of the molecule is O=C(Cn1c(=O)oc2ccccc21)NCc1cccnc1-c1cccnc1. The summed E-state index contributed by atoms with van der Waals surface area (Å²) in [6.45, 7) is 0.180. The first-order valence-electron chi connectivity index (χ1n) is 8.42. The molecular weight excluding hydrogens is 344 g/mol. The topological polar surface area (TPSA) is 90.0 Å². The number of benzene rings is 1. The average molecular weight is 360 g/mol.